The van der Waals surface area contributed by atoms with Crippen LogP contribution in [0.5, 0.6) is 0 Å². The number of fused-ring (bicyclic) bond motifs is 1. The van der Waals surface area contributed by atoms with Crippen LogP contribution in [-0.2, 0) is 9.59 Å². The predicted octanol–water partition coefficient (Wildman–Crippen LogP) is -0.941. The standard InChI is InChI=1S/C13H10N2O5/c16-8-5-9(17)14-11(18)10(8)15-12(19)6-3-1-2-4-7(6)13(15)20/h1-4,8,10,16H,5H2,(H,14,17,18). The lowest BCUT2D eigenvalue weighted by Gasteiger charge is -2.31. The molecule has 0 saturated carbocycles. The van der Waals surface area contributed by atoms with Gasteiger partial charge in [-0.15, -0.1) is 0 Å². The highest BCUT2D eigenvalue weighted by molar-refractivity contribution is 6.23. The minimum Gasteiger partial charge on any atom is -0.390 e. The van der Waals surface area contributed by atoms with Gasteiger partial charge in [-0.1, -0.05) is 12.1 Å². The van der Waals surface area contributed by atoms with Crippen LogP contribution >= 0.6 is 0 Å². The molecule has 20 heavy (non-hydrogen) atoms. The molecule has 1 aromatic carbocycles. The molecule has 0 spiro atoms. The van der Waals surface area contributed by atoms with E-state index in [0.29, 0.717) is 0 Å². The second-order valence-corrected chi connectivity index (χ2v) is 4.65. The van der Waals surface area contributed by atoms with Crippen molar-refractivity contribution in [3.05, 3.63) is 35.4 Å². The molecule has 102 valence electrons. The Hall–Kier alpha value is -2.54. The number of benzene rings is 1. The molecule has 2 aliphatic heterocycles. The molecule has 2 N–H and O–H groups in total. The third kappa shape index (κ3) is 1.64. The zero-order valence-electron chi connectivity index (χ0n) is 10.2. The van der Waals surface area contributed by atoms with E-state index in [1.165, 1.54) is 12.1 Å². The van der Waals surface area contributed by atoms with Gasteiger partial charge in [0, 0.05) is 0 Å². The Morgan fingerprint density at radius 3 is 2.10 bits per heavy atom. The molecule has 0 bridgehead atoms. The van der Waals surface area contributed by atoms with Gasteiger partial charge in [0.05, 0.1) is 23.7 Å². The molecule has 7 heteroatoms. The summed E-state index contributed by atoms with van der Waals surface area (Å²) in [6, 6.07) is 4.80. The van der Waals surface area contributed by atoms with E-state index in [9.17, 15) is 24.3 Å². The van der Waals surface area contributed by atoms with Gasteiger partial charge < -0.3 is 5.11 Å². The van der Waals surface area contributed by atoms with Crippen LogP contribution in [0.2, 0.25) is 0 Å². The van der Waals surface area contributed by atoms with Gasteiger partial charge in [-0.25, -0.2) is 0 Å². The van der Waals surface area contributed by atoms with Crippen LogP contribution in [0.1, 0.15) is 27.1 Å². The number of piperidine rings is 1. The SMILES string of the molecule is O=C1CC(O)C(N2C(=O)c3ccccc3C2=O)C(=O)N1. The lowest BCUT2D eigenvalue weighted by molar-refractivity contribution is -0.141. The van der Waals surface area contributed by atoms with Crippen LogP contribution < -0.4 is 5.32 Å². The third-order valence-electron chi connectivity index (χ3n) is 3.39. The molecule has 2 atom stereocenters. The van der Waals surface area contributed by atoms with E-state index in [-0.39, 0.29) is 17.5 Å². The van der Waals surface area contributed by atoms with Crippen molar-refractivity contribution in [1.82, 2.24) is 10.2 Å². The Bertz CT molecular complexity index is 619. The van der Waals surface area contributed by atoms with Crippen molar-refractivity contribution >= 4 is 23.6 Å². The maximum Gasteiger partial charge on any atom is 0.262 e. The highest BCUT2D eigenvalue weighted by atomic mass is 16.3. The lowest BCUT2D eigenvalue weighted by atomic mass is 10.0. The quantitative estimate of drug-likeness (QED) is 0.643. The number of amides is 4. The van der Waals surface area contributed by atoms with Gasteiger partial charge in [-0.2, -0.15) is 0 Å². The third-order valence-corrected chi connectivity index (χ3v) is 3.39. The fourth-order valence-corrected chi connectivity index (χ4v) is 2.49. The Morgan fingerprint density at radius 1 is 1.05 bits per heavy atom. The topological polar surface area (TPSA) is 104 Å². The summed E-state index contributed by atoms with van der Waals surface area (Å²) in [4.78, 5) is 48.1. The molecule has 3 rings (SSSR count). The van der Waals surface area contributed by atoms with Gasteiger partial charge in [-0.05, 0) is 12.1 Å². The molecular formula is C13H10N2O5. The summed E-state index contributed by atoms with van der Waals surface area (Å²) in [6.45, 7) is 0. The molecule has 7 nitrogen and oxygen atoms in total. The molecule has 0 aliphatic carbocycles. The van der Waals surface area contributed by atoms with Crippen molar-refractivity contribution in [2.24, 2.45) is 0 Å². The number of hydrogen-bond donors (Lipinski definition) is 2. The summed E-state index contributed by atoms with van der Waals surface area (Å²) in [5, 5.41) is 11.9. The van der Waals surface area contributed by atoms with Crippen LogP contribution in [0.15, 0.2) is 24.3 Å². The first-order chi connectivity index (χ1) is 9.50. The van der Waals surface area contributed by atoms with Gasteiger partial charge in [0.1, 0.15) is 6.04 Å². The van der Waals surface area contributed by atoms with Crippen LogP contribution in [-0.4, -0.2) is 45.8 Å². The first-order valence-corrected chi connectivity index (χ1v) is 5.99. The summed E-state index contributed by atoms with van der Waals surface area (Å²) in [6.07, 6.45) is -1.72. The molecular weight excluding hydrogens is 264 g/mol. The average Bonchev–Trinajstić information content (AvgIpc) is 2.64. The van der Waals surface area contributed by atoms with E-state index in [1.54, 1.807) is 12.1 Å². The summed E-state index contributed by atoms with van der Waals surface area (Å²) < 4.78 is 0. The number of imide groups is 2. The number of aliphatic hydroxyl groups excluding tert-OH is 1. The van der Waals surface area contributed by atoms with E-state index in [4.69, 9.17) is 0 Å². The number of rotatable bonds is 1. The molecule has 2 aliphatic rings. The highest BCUT2D eigenvalue weighted by Crippen LogP contribution is 2.27. The molecule has 1 aromatic rings. The van der Waals surface area contributed by atoms with Crippen LogP contribution in [0.3, 0.4) is 0 Å². The first-order valence-electron chi connectivity index (χ1n) is 5.99. The predicted molar refractivity (Wildman–Crippen MR) is 64.5 cm³/mol. The number of nitrogens with one attached hydrogen (secondary N) is 1. The molecule has 4 amide bonds. The van der Waals surface area contributed by atoms with Crippen LogP contribution in [0.25, 0.3) is 0 Å². The fraction of sp³-hybridized carbons (Fsp3) is 0.231. The van der Waals surface area contributed by atoms with Gasteiger partial charge >= 0.3 is 0 Å². The molecule has 0 radical (unpaired) electrons. The van der Waals surface area contributed by atoms with Crippen LogP contribution in [0, 0.1) is 0 Å². The van der Waals surface area contributed by atoms with Crippen LogP contribution in [0.4, 0.5) is 0 Å². The molecule has 2 heterocycles. The number of aliphatic hydroxyl groups is 1. The minimum absolute atomic E-state index is 0.189. The molecule has 1 fully saturated rings. The Kier molecular flexibility index (Phi) is 2.65. The minimum atomic E-state index is -1.39. The Morgan fingerprint density at radius 2 is 1.60 bits per heavy atom. The van der Waals surface area contributed by atoms with Crippen molar-refractivity contribution in [2.75, 3.05) is 0 Å². The van der Waals surface area contributed by atoms with Gasteiger partial charge in [0.2, 0.25) is 5.91 Å². The van der Waals surface area contributed by atoms with Gasteiger partial charge in [-0.3, -0.25) is 29.4 Å². The van der Waals surface area contributed by atoms with Crippen molar-refractivity contribution in [2.45, 2.75) is 18.6 Å². The summed E-state index contributed by atoms with van der Waals surface area (Å²) in [7, 11) is 0. The number of carbonyl (C=O) groups excluding carboxylic acids is 4. The average molecular weight is 274 g/mol. The Labute approximate surface area is 113 Å². The van der Waals surface area contributed by atoms with Gasteiger partial charge in [0.25, 0.3) is 17.7 Å². The van der Waals surface area contributed by atoms with Crippen molar-refractivity contribution in [1.29, 1.82) is 0 Å². The maximum absolute atomic E-state index is 12.2. The molecule has 2 unspecified atom stereocenters. The van der Waals surface area contributed by atoms with E-state index in [0.717, 1.165) is 4.90 Å². The highest BCUT2D eigenvalue weighted by Gasteiger charge is 2.48. The smallest absolute Gasteiger partial charge is 0.262 e. The monoisotopic (exact) mass is 274 g/mol. The number of carbonyl (C=O) groups is 4. The van der Waals surface area contributed by atoms with E-state index in [2.05, 4.69) is 0 Å². The number of hydrogen-bond acceptors (Lipinski definition) is 5. The normalized spacial score (nSPS) is 25.8. The summed E-state index contributed by atoms with van der Waals surface area (Å²) in [5.74, 6) is -2.75. The zero-order valence-corrected chi connectivity index (χ0v) is 10.2. The van der Waals surface area contributed by atoms with Gasteiger partial charge in [0.15, 0.2) is 0 Å². The first kappa shape index (κ1) is 12.5. The molecule has 1 saturated heterocycles. The molecule has 0 aromatic heterocycles. The second-order valence-electron chi connectivity index (χ2n) is 4.65. The van der Waals surface area contributed by atoms with Crippen molar-refractivity contribution in [3.63, 3.8) is 0 Å². The zero-order chi connectivity index (χ0) is 14.4. The number of nitrogens with zero attached hydrogens (tertiary/aromatic N) is 1. The van der Waals surface area contributed by atoms with Crippen molar-refractivity contribution in [3.8, 4) is 0 Å². The van der Waals surface area contributed by atoms with Crippen molar-refractivity contribution < 1.29 is 24.3 Å². The Balaban J connectivity index is 2.00. The second kappa shape index (κ2) is 4.24. The summed E-state index contributed by atoms with van der Waals surface area (Å²) in [5.41, 5.74) is 0.379. The fourth-order valence-electron chi connectivity index (χ4n) is 2.49. The largest absolute Gasteiger partial charge is 0.390 e. The maximum atomic E-state index is 12.2. The summed E-state index contributed by atoms with van der Waals surface area (Å²) >= 11 is 0. The lowest BCUT2D eigenvalue weighted by Crippen LogP contribution is -2.60. The van der Waals surface area contributed by atoms with E-state index < -0.39 is 35.8 Å². The van der Waals surface area contributed by atoms with E-state index >= 15 is 0 Å². The van der Waals surface area contributed by atoms with E-state index in [1.807, 2.05) is 5.32 Å².